The van der Waals surface area contributed by atoms with Crippen LogP contribution in [0.4, 0.5) is 11.6 Å². The van der Waals surface area contributed by atoms with E-state index in [4.69, 9.17) is 0 Å². The van der Waals surface area contributed by atoms with Gasteiger partial charge in [0, 0.05) is 25.5 Å². The lowest BCUT2D eigenvalue weighted by Gasteiger charge is -2.25. The van der Waals surface area contributed by atoms with Crippen LogP contribution in [0.2, 0.25) is 0 Å². The first kappa shape index (κ1) is 17.6. The van der Waals surface area contributed by atoms with Crippen LogP contribution in [0.1, 0.15) is 10.6 Å². The zero-order chi connectivity index (χ0) is 18.6. The van der Waals surface area contributed by atoms with Gasteiger partial charge in [-0.2, -0.15) is 0 Å². The molecule has 0 spiro atoms. The Balaban J connectivity index is 1.47. The van der Waals surface area contributed by atoms with Gasteiger partial charge in [0.2, 0.25) is 5.91 Å². The van der Waals surface area contributed by atoms with Crippen LogP contribution in [0.15, 0.2) is 42.7 Å². The molecule has 2 N–H and O–H groups in total. The number of pyridine rings is 2. The van der Waals surface area contributed by atoms with Crippen molar-refractivity contribution < 1.29 is 4.79 Å². The number of hydrogen-bond donors (Lipinski definition) is 2. The molecular formula is C19H20N6OS. The lowest BCUT2D eigenvalue weighted by molar-refractivity contribution is -0.124. The monoisotopic (exact) mass is 380 g/mol. The second-order valence-corrected chi connectivity index (χ2v) is 7.55. The van der Waals surface area contributed by atoms with Crippen molar-refractivity contribution in [3.8, 4) is 10.6 Å². The van der Waals surface area contributed by atoms with E-state index in [1.807, 2.05) is 43.5 Å². The van der Waals surface area contributed by atoms with Crippen molar-refractivity contribution in [2.24, 2.45) is 0 Å². The molecule has 0 unspecified atom stereocenters. The molecule has 0 radical (unpaired) electrons. The third kappa shape index (κ3) is 4.47. The van der Waals surface area contributed by atoms with Crippen molar-refractivity contribution in [3.63, 3.8) is 0 Å². The van der Waals surface area contributed by atoms with E-state index in [1.165, 1.54) is 0 Å². The largest absolute Gasteiger partial charge is 0.354 e. The molecule has 138 valence electrons. The maximum absolute atomic E-state index is 11.5. The molecule has 1 aliphatic heterocycles. The smallest absolute Gasteiger partial charge is 0.234 e. The summed E-state index contributed by atoms with van der Waals surface area (Å²) < 4.78 is 0. The maximum Gasteiger partial charge on any atom is 0.234 e. The summed E-state index contributed by atoms with van der Waals surface area (Å²) in [7, 11) is 0. The van der Waals surface area contributed by atoms with Gasteiger partial charge in [0.05, 0.1) is 23.7 Å². The Morgan fingerprint density at radius 3 is 3.04 bits per heavy atom. The summed E-state index contributed by atoms with van der Waals surface area (Å²) in [5.41, 5.74) is 2.01. The molecule has 1 fully saturated rings. The lowest BCUT2D eigenvalue weighted by Crippen LogP contribution is -2.47. The highest BCUT2D eigenvalue weighted by Gasteiger charge is 2.17. The minimum Gasteiger partial charge on any atom is -0.354 e. The number of hydrogen-bond acceptors (Lipinski definition) is 7. The highest BCUT2D eigenvalue weighted by Crippen LogP contribution is 2.27. The fourth-order valence-electron chi connectivity index (χ4n) is 2.90. The number of nitrogens with one attached hydrogen (secondary N) is 2. The maximum atomic E-state index is 11.5. The second kappa shape index (κ2) is 7.81. The first-order chi connectivity index (χ1) is 13.2. The van der Waals surface area contributed by atoms with Crippen LogP contribution in [0.5, 0.6) is 0 Å². The van der Waals surface area contributed by atoms with Crippen molar-refractivity contribution in [2.45, 2.75) is 13.5 Å². The van der Waals surface area contributed by atoms with Gasteiger partial charge in [-0.15, -0.1) is 11.3 Å². The topological polar surface area (TPSA) is 83.0 Å². The van der Waals surface area contributed by atoms with Crippen LogP contribution in [-0.2, 0) is 11.3 Å². The minimum atomic E-state index is 0.0724. The molecule has 1 saturated heterocycles. The molecule has 4 heterocycles. The summed E-state index contributed by atoms with van der Waals surface area (Å²) in [5.74, 6) is 1.59. The number of amides is 1. The Bertz CT molecular complexity index is 957. The standard InChI is InChI=1S/C19H20N6OS/c1-13-5-6-20-17(9-13)24-16-4-2-3-14(23-16)15-10-22-19(27-15)12-25-8-7-21-18(26)11-25/h2-6,9-10H,7-8,11-12H2,1H3,(H,21,26)(H,20,23,24). The van der Waals surface area contributed by atoms with Crippen LogP contribution in [0.25, 0.3) is 10.6 Å². The fraction of sp³-hybridized carbons (Fsp3) is 0.263. The van der Waals surface area contributed by atoms with E-state index in [0.29, 0.717) is 19.6 Å². The van der Waals surface area contributed by atoms with E-state index in [0.717, 1.165) is 39.3 Å². The van der Waals surface area contributed by atoms with E-state index in [-0.39, 0.29) is 5.91 Å². The Labute approximate surface area is 161 Å². The summed E-state index contributed by atoms with van der Waals surface area (Å²) >= 11 is 1.61. The SMILES string of the molecule is Cc1ccnc(Nc2cccc(-c3cnc(CN4CCNC(=O)C4)s3)n2)c1. The molecular weight excluding hydrogens is 360 g/mol. The quantitative estimate of drug-likeness (QED) is 0.708. The summed E-state index contributed by atoms with van der Waals surface area (Å²) in [6.07, 6.45) is 3.62. The van der Waals surface area contributed by atoms with E-state index in [2.05, 4.69) is 30.5 Å². The first-order valence-electron chi connectivity index (χ1n) is 8.76. The lowest BCUT2D eigenvalue weighted by atomic mass is 10.3. The molecule has 3 aromatic heterocycles. The molecule has 1 amide bonds. The number of carbonyl (C=O) groups is 1. The highest BCUT2D eigenvalue weighted by atomic mass is 32.1. The van der Waals surface area contributed by atoms with Gasteiger partial charge in [-0.25, -0.2) is 15.0 Å². The molecule has 4 rings (SSSR count). The number of aromatic nitrogens is 3. The van der Waals surface area contributed by atoms with Crippen LogP contribution in [0, 0.1) is 6.92 Å². The Kier molecular flexibility index (Phi) is 5.08. The van der Waals surface area contributed by atoms with Crippen molar-refractivity contribution >= 4 is 28.9 Å². The van der Waals surface area contributed by atoms with Crippen molar-refractivity contribution in [1.29, 1.82) is 0 Å². The second-order valence-electron chi connectivity index (χ2n) is 6.43. The Morgan fingerprint density at radius 2 is 2.19 bits per heavy atom. The van der Waals surface area contributed by atoms with Gasteiger partial charge in [0.25, 0.3) is 0 Å². The number of rotatable bonds is 5. The molecule has 1 aliphatic rings. The molecule has 0 bridgehead atoms. The van der Waals surface area contributed by atoms with Gasteiger partial charge in [0.15, 0.2) is 0 Å². The average Bonchev–Trinajstić information content (AvgIpc) is 3.10. The van der Waals surface area contributed by atoms with E-state index in [1.54, 1.807) is 17.5 Å². The van der Waals surface area contributed by atoms with Gasteiger partial charge in [-0.3, -0.25) is 9.69 Å². The highest BCUT2D eigenvalue weighted by molar-refractivity contribution is 7.15. The molecule has 27 heavy (non-hydrogen) atoms. The predicted molar refractivity (Wildman–Crippen MR) is 106 cm³/mol. The van der Waals surface area contributed by atoms with Gasteiger partial charge < -0.3 is 10.6 Å². The molecule has 0 aromatic carbocycles. The van der Waals surface area contributed by atoms with E-state index >= 15 is 0 Å². The summed E-state index contributed by atoms with van der Waals surface area (Å²) in [6.45, 7) is 4.68. The van der Waals surface area contributed by atoms with Crippen molar-refractivity contribution in [1.82, 2.24) is 25.2 Å². The van der Waals surface area contributed by atoms with Gasteiger partial charge in [-0.05, 0) is 36.8 Å². The zero-order valence-corrected chi connectivity index (χ0v) is 15.8. The number of carbonyl (C=O) groups excluding carboxylic acids is 1. The molecule has 0 atom stereocenters. The molecule has 0 saturated carbocycles. The van der Waals surface area contributed by atoms with Crippen LogP contribution < -0.4 is 10.6 Å². The van der Waals surface area contributed by atoms with Crippen molar-refractivity contribution in [3.05, 3.63) is 53.3 Å². The number of thiazole rings is 1. The fourth-order valence-corrected chi connectivity index (χ4v) is 3.83. The van der Waals surface area contributed by atoms with Crippen LogP contribution in [-0.4, -0.2) is 45.4 Å². The third-order valence-electron chi connectivity index (χ3n) is 4.20. The number of aryl methyl sites for hydroxylation is 1. The number of nitrogens with zero attached hydrogens (tertiary/aromatic N) is 4. The zero-order valence-electron chi connectivity index (χ0n) is 15.0. The summed E-state index contributed by atoms with van der Waals surface area (Å²) in [4.78, 5) is 28.1. The molecule has 8 heteroatoms. The molecule has 0 aliphatic carbocycles. The van der Waals surface area contributed by atoms with Crippen molar-refractivity contribution in [2.75, 3.05) is 25.0 Å². The van der Waals surface area contributed by atoms with Gasteiger partial charge >= 0.3 is 0 Å². The van der Waals surface area contributed by atoms with E-state index in [9.17, 15) is 4.79 Å². The van der Waals surface area contributed by atoms with Crippen LogP contribution >= 0.6 is 11.3 Å². The average molecular weight is 380 g/mol. The molecule has 7 nitrogen and oxygen atoms in total. The predicted octanol–water partition coefficient (Wildman–Crippen LogP) is 2.58. The van der Waals surface area contributed by atoms with Gasteiger partial charge in [0.1, 0.15) is 16.6 Å². The number of piperazine rings is 1. The number of anilines is 2. The van der Waals surface area contributed by atoms with E-state index < -0.39 is 0 Å². The Morgan fingerprint density at radius 1 is 1.26 bits per heavy atom. The normalized spacial score (nSPS) is 14.8. The molecule has 3 aromatic rings. The Hall–Kier alpha value is -2.84. The summed E-state index contributed by atoms with van der Waals surface area (Å²) in [6, 6.07) is 9.80. The minimum absolute atomic E-state index is 0.0724. The van der Waals surface area contributed by atoms with Gasteiger partial charge in [-0.1, -0.05) is 6.07 Å². The first-order valence-corrected chi connectivity index (χ1v) is 9.58. The third-order valence-corrected chi connectivity index (χ3v) is 5.21. The van der Waals surface area contributed by atoms with Crippen LogP contribution in [0.3, 0.4) is 0 Å². The summed E-state index contributed by atoms with van der Waals surface area (Å²) in [5, 5.41) is 7.07.